The molecular weight excluding hydrogens is 516 g/mol. The van der Waals surface area contributed by atoms with Gasteiger partial charge in [-0.2, -0.15) is 5.10 Å². The number of rotatable bonds is 9. The molecule has 3 aromatic rings. The Balaban J connectivity index is 1.46. The molecule has 0 saturated carbocycles. The average molecular weight is 551 g/mol. The van der Waals surface area contributed by atoms with Gasteiger partial charge in [-0.15, -0.1) is 0 Å². The molecular formula is C28H34N6O4S. The SMILES string of the molecule is CN(C)CS(=O)(=O)NC(Cc1c[nH]c2ccccc12)C(=O)N1CCC2=NN(C)C(=O)C2(Cc2ccccc2)C1. The number of aromatic amines is 1. The van der Waals surface area contributed by atoms with Gasteiger partial charge in [0.2, 0.25) is 15.9 Å². The van der Waals surface area contributed by atoms with Crippen molar-refractivity contribution in [1.82, 2.24) is 24.5 Å². The molecule has 0 bridgehead atoms. The summed E-state index contributed by atoms with van der Waals surface area (Å²) in [5, 5.41) is 6.83. The molecule has 2 aromatic carbocycles. The number of likely N-dealkylation sites (tertiary alicyclic amines) is 1. The number of para-hydroxylation sites is 1. The lowest BCUT2D eigenvalue weighted by atomic mass is 9.73. The molecule has 2 aliphatic heterocycles. The molecule has 11 heteroatoms. The van der Waals surface area contributed by atoms with Crippen molar-refractivity contribution in [1.29, 1.82) is 0 Å². The Morgan fingerprint density at radius 2 is 1.87 bits per heavy atom. The third-order valence-corrected chi connectivity index (χ3v) is 8.91. The fourth-order valence-electron chi connectivity index (χ4n) is 5.73. The van der Waals surface area contributed by atoms with Gasteiger partial charge in [0, 0.05) is 43.7 Å². The van der Waals surface area contributed by atoms with Gasteiger partial charge in [-0.1, -0.05) is 48.5 Å². The highest BCUT2D eigenvalue weighted by atomic mass is 32.2. The topological polar surface area (TPSA) is 118 Å². The van der Waals surface area contributed by atoms with Crippen LogP contribution < -0.4 is 4.72 Å². The molecule has 2 unspecified atom stereocenters. The molecule has 0 aliphatic carbocycles. The second kappa shape index (κ2) is 10.6. The molecule has 3 heterocycles. The molecule has 2 aliphatic rings. The highest BCUT2D eigenvalue weighted by Gasteiger charge is 2.54. The van der Waals surface area contributed by atoms with Gasteiger partial charge in [0.25, 0.3) is 5.91 Å². The van der Waals surface area contributed by atoms with Crippen LogP contribution in [0.25, 0.3) is 10.9 Å². The first-order valence-electron chi connectivity index (χ1n) is 13.0. The van der Waals surface area contributed by atoms with Crippen molar-refractivity contribution in [3.8, 4) is 0 Å². The van der Waals surface area contributed by atoms with E-state index in [2.05, 4.69) is 14.8 Å². The standard InChI is InChI=1S/C28H34N6O4S/c1-32(2)19-39(37,38)31-24(15-21-17-29-23-12-8-7-11-22(21)23)26(35)34-14-13-25-28(18-34,27(36)33(3)30-25)16-20-9-5-4-6-10-20/h4-12,17,24,29,31H,13-16,18-19H2,1-3H3. The Bertz CT molecular complexity index is 1520. The first-order valence-corrected chi connectivity index (χ1v) is 14.6. The number of carbonyl (C=O) groups excluding carboxylic acids is 2. The minimum Gasteiger partial charge on any atom is -0.361 e. The third-order valence-electron chi connectivity index (χ3n) is 7.41. The van der Waals surface area contributed by atoms with Crippen LogP contribution >= 0.6 is 0 Å². The maximum atomic E-state index is 14.1. The van der Waals surface area contributed by atoms with Crippen molar-refractivity contribution in [2.75, 3.05) is 40.1 Å². The van der Waals surface area contributed by atoms with E-state index in [9.17, 15) is 18.0 Å². The van der Waals surface area contributed by atoms with Crippen LogP contribution in [0.5, 0.6) is 0 Å². The maximum absolute atomic E-state index is 14.1. The Hall–Kier alpha value is -3.54. The van der Waals surface area contributed by atoms with Crippen molar-refractivity contribution < 1.29 is 18.0 Å². The highest BCUT2D eigenvalue weighted by molar-refractivity contribution is 7.89. The smallest absolute Gasteiger partial charge is 0.256 e. The van der Waals surface area contributed by atoms with Crippen molar-refractivity contribution >= 4 is 38.5 Å². The monoisotopic (exact) mass is 550 g/mol. The van der Waals surface area contributed by atoms with Crippen LogP contribution in [0.4, 0.5) is 0 Å². The number of amides is 2. The maximum Gasteiger partial charge on any atom is 0.256 e. The van der Waals surface area contributed by atoms with Gasteiger partial charge < -0.3 is 9.88 Å². The second-order valence-electron chi connectivity index (χ2n) is 10.7. The summed E-state index contributed by atoms with van der Waals surface area (Å²) in [6.45, 7) is 0.498. The van der Waals surface area contributed by atoms with E-state index < -0.39 is 21.5 Å². The van der Waals surface area contributed by atoms with Gasteiger partial charge in [0.15, 0.2) is 0 Å². The molecule has 1 fully saturated rings. The summed E-state index contributed by atoms with van der Waals surface area (Å²) < 4.78 is 28.7. The number of benzene rings is 2. The number of H-pyrrole nitrogens is 1. The molecule has 206 valence electrons. The summed E-state index contributed by atoms with van der Waals surface area (Å²) >= 11 is 0. The number of nitrogens with zero attached hydrogens (tertiary/aromatic N) is 4. The fourth-order valence-corrected chi connectivity index (χ4v) is 7.10. The molecule has 1 saturated heterocycles. The lowest BCUT2D eigenvalue weighted by Gasteiger charge is -2.40. The number of hydrogen-bond acceptors (Lipinski definition) is 6. The van der Waals surface area contributed by atoms with Gasteiger partial charge in [-0.05, 0) is 44.1 Å². The van der Waals surface area contributed by atoms with E-state index in [0.717, 1.165) is 27.7 Å². The van der Waals surface area contributed by atoms with Gasteiger partial charge in [0.1, 0.15) is 17.3 Å². The molecule has 2 amide bonds. The first-order chi connectivity index (χ1) is 18.6. The van der Waals surface area contributed by atoms with E-state index in [0.29, 0.717) is 19.4 Å². The average Bonchev–Trinajstić information content (AvgIpc) is 3.41. The molecule has 0 radical (unpaired) electrons. The summed E-state index contributed by atoms with van der Waals surface area (Å²) in [5.74, 6) is -0.750. The zero-order chi connectivity index (χ0) is 27.8. The Morgan fingerprint density at radius 1 is 1.15 bits per heavy atom. The molecule has 5 rings (SSSR count). The Morgan fingerprint density at radius 3 is 2.62 bits per heavy atom. The van der Waals surface area contributed by atoms with E-state index in [1.807, 2.05) is 60.8 Å². The number of hydrogen-bond donors (Lipinski definition) is 2. The Kier molecular flexibility index (Phi) is 7.32. The summed E-state index contributed by atoms with van der Waals surface area (Å²) in [6.07, 6.45) is 2.85. The molecule has 2 N–H and O–H groups in total. The number of piperidine rings is 1. The third kappa shape index (κ3) is 5.47. The minimum absolute atomic E-state index is 0.141. The van der Waals surface area contributed by atoms with Crippen molar-refractivity contribution in [3.63, 3.8) is 0 Å². The van der Waals surface area contributed by atoms with Crippen molar-refractivity contribution in [3.05, 3.63) is 71.9 Å². The van der Waals surface area contributed by atoms with Gasteiger partial charge in [-0.3, -0.25) is 14.5 Å². The van der Waals surface area contributed by atoms with E-state index in [1.165, 1.54) is 5.01 Å². The van der Waals surface area contributed by atoms with Crippen molar-refractivity contribution in [2.24, 2.45) is 10.5 Å². The number of sulfonamides is 1. The second-order valence-corrected chi connectivity index (χ2v) is 12.4. The number of aromatic nitrogens is 1. The van der Waals surface area contributed by atoms with E-state index in [-0.39, 0.29) is 30.7 Å². The zero-order valence-electron chi connectivity index (χ0n) is 22.4. The predicted molar refractivity (Wildman–Crippen MR) is 150 cm³/mol. The van der Waals surface area contributed by atoms with E-state index in [4.69, 9.17) is 0 Å². The minimum atomic E-state index is -3.80. The fraction of sp³-hybridized carbons (Fsp3) is 0.393. The number of nitrogens with one attached hydrogen (secondary N) is 2. The van der Waals surface area contributed by atoms with Crippen LogP contribution in [0, 0.1) is 5.41 Å². The van der Waals surface area contributed by atoms with Gasteiger partial charge in [0.05, 0.1) is 5.71 Å². The zero-order valence-corrected chi connectivity index (χ0v) is 23.2. The van der Waals surface area contributed by atoms with E-state index in [1.54, 1.807) is 30.9 Å². The highest BCUT2D eigenvalue weighted by Crippen LogP contribution is 2.38. The lowest BCUT2D eigenvalue weighted by Crippen LogP contribution is -2.59. The molecule has 10 nitrogen and oxygen atoms in total. The summed E-state index contributed by atoms with van der Waals surface area (Å²) in [6, 6.07) is 16.4. The summed E-state index contributed by atoms with van der Waals surface area (Å²) in [7, 11) is 1.17. The van der Waals surface area contributed by atoms with E-state index >= 15 is 0 Å². The van der Waals surface area contributed by atoms with Crippen molar-refractivity contribution in [2.45, 2.75) is 25.3 Å². The summed E-state index contributed by atoms with van der Waals surface area (Å²) in [5.41, 5.74) is 2.52. The van der Waals surface area contributed by atoms with Crippen LogP contribution in [0.3, 0.4) is 0 Å². The van der Waals surface area contributed by atoms with Crippen LogP contribution in [0.15, 0.2) is 65.9 Å². The predicted octanol–water partition coefficient (Wildman–Crippen LogP) is 1.81. The molecule has 1 aromatic heterocycles. The largest absolute Gasteiger partial charge is 0.361 e. The normalized spacial score (nSPS) is 20.4. The number of fused-ring (bicyclic) bond motifs is 2. The number of hydrazone groups is 1. The molecule has 0 spiro atoms. The van der Waals surface area contributed by atoms with Crippen LogP contribution in [-0.4, -0.2) is 91.9 Å². The van der Waals surface area contributed by atoms with Gasteiger partial charge in [-0.25, -0.2) is 18.1 Å². The van der Waals surface area contributed by atoms with Crippen LogP contribution in [-0.2, 0) is 32.5 Å². The first kappa shape index (κ1) is 27.0. The Labute approximate surface area is 228 Å². The lowest BCUT2D eigenvalue weighted by molar-refractivity contribution is -0.140. The summed E-state index contributed by atoms with van der Waals surface area (Å²) in [4.78, 5) is 34.0. The molecule has 39 heavy (non-hydrogen) atoms. The number of carbonyl (C=O) groups is 2. The van der Waals surface area contributed by atoms with Gasteiger partial charge >= 0.3 is 0 Å². The molecule has 2 atom stereocenters. The van der Waals surface area contributed by atoms with Crippen LogP contribution in [0.2, 0.25) is 0 Å². The van der Waals surface area contributed by atoms with Crippen LogP contribution in [0.1, 0.15) is 17.5 Å². The quantitative estimate of drug-likeness (QED) is 0.421.